The molecule has 3 rings (SSSR count). The fourth-order valence-electron chi connectivity index (χ4n) is 4.28. The highest BCUT2D eigenvalue weighted by Crippen LogP contribution is 2.24. The quantitative estimate of drug-likeness (QED) is 0.339. The van der Waals surface area contributed by atoms with Gasteiger partial charge in [0.2, 0.25) is 11.8 Å². The van der Waals surface area contributed by atoms with Gasteiger partial charge in [-0.15, -0.1) is 0 Å². The summed E-state index contributed by atoms with van der Waals surface area (Å²) in [4.78, 5) is 29.0. The van der Waals surface area contributed by atoms with Gasteiger partial charge in [-0.25, -0.2) is 8.70 Å². The summed E-state index contributed by atoms with van der Waals surface area (Å²) in [5.41, 5.74) is 2.34. The van der Waals surface area contributed by atoms with E-state index < -0.39 is 34.5 Å². The summed E-state index contributed by atoms with van der Waals surface area (Å²) in [5, 5.41) is 2.89. The van der Waals surface area contributed by atoms with Crippen molar-refractivity contribution in [1.82, 2.24) is 14.5 Å². The van der Waals surface area contributed by atoms with Gasteiger partial charge in [-0.1, -0.05) is 79.2 Å². The lowest BCUT2D eigenvalue weighted by Crippen LogP contribution is -2.54. The van der Waals surface area contributed by atoms with Gasteiger partial charge in [0.15, 0.2) is 0 Å². The third-order valence-corrected chi connectivity index (χ3v) is 8.20. The molecule has 0 saturated heterocycles. The highest BCUT2D eigenvalue weighted by atomic mass is 32.2. The van der Waals surface area contributed by atoms with E-state index in [0.29, 0.717) is 13.0 Å². The molecule has 0 heterocycles. The van der Waals surface area contributed by atoms with E-state index in [4.69, 9.17) is 0 Å². The van der Waals surface area contributed by atoms with Crippen LogP contribution >= 0.6 is 0 Å². The van der Waals surface area contributed by atoms with Crippen molar-refractivity contribution >= 4 is 27.7 Å². The van der Waals surface area contributed by atoms with Crippen molar-refractivity contribution in [2.45, 2.75) is 39.3 Å². The molecular formula is C30H37FN4O4S. The molecule has 0 bridgehead atoms. The molecule has 1 atom stereocenters. The van der Waals surface area contributed by atoms with Crippen molar-refractivity contribution in [2.75, 3.05) is 31.5 Å². The van der Waals surface area contributed by atoms with E-state index >= 15 is 0 Å². The van der Waals surface area contributed by atoms with Gasteiger partial charge >= 0.3 is 10.2 Å². The molecular weight excluding hydrogens is 531 g/mol. The summed E-state index contributed by atoms with van der Waals surface area (Å²) in [6.45, 7) is 3.65. The number of carbonyl (C=O) groups is 2. The van der Waals surface area contributed by atoms with Crippen LogP contribution in [-0.4, -0.2) is 62.7 Å². The Kier molecular flexibility index (Phi) is 10.8. The maximum atomic E-state index is 14.9. The molecule has 1 N–H and O–H groups in total. The minimum Gasteiger partial charge on any atom is -0.354 e. The number of amides is 2. The Morgan fingerprint density at radius 3 is 2.20 bits per heavy atom. The normalized spacial score (nSPS) is 12.2. The first-order valence-corrected chi connectivity index (χ1v) is 14.6. The summed E-state index contributed by atoms with van der Waals surface area (Å²) >= 11 is 0. The Morgan fingerprint density at radius 2 is 1.57 bits per heavy atom. The third-order valence-electron chi connectivity index (χ3n) is 6.40. The van der Waals surface area contributed by atoms with Gasteiger partial charge in [0.1, 0.15) is 18.4 Å². The van der Waals surface area contributed by atoms with Crippen molar-refractivity contribution in [3.63, 3.8) is 0 Å². The topological polar surface area (TPSA) is 90.0 Å². The molecule has 0 aliphatic rings. The molecule has 10 heteroatoms. The van der Waals surface area contributed by atoms with Crippen LogP contribution < -0.4 is 9.62 Å². The SMILES string of the molecule is CCCNC(=O)C(Cc1ccccc1)N(Cc1cccc(C)c1)C(=O)CN(c1ccccc1F)S(=O)(=O)N(C)C. The maximum absolute atomic E-state index is 14.9. The second-order valence-electron chi connectivity index (χ2n) is 9.76. The first-order chi connectivity index (χ1) is 19.0. The molecule has 0 spiro atoms. The summed E-state index contributed by atoms with van der Waals surface area (Å²) in [5.74, 6) is -1.77. The van der Waals surface area contributed by atoms with Crippen LogP contribution in [0.15, 0.2) is 78.9 Å². The van der Waals surface area contributed by atoms with Crippen LogP contribution in [0.25, 0.3) is 0 Å². The van der Waals surface area contributed by atoms with E-state index in [1.807, 2.05) is 68.4 Å². The molecule has 0 aliphatic carbocycles. The predicted molar refractivity (Wildman–Crippen MR) is 155 cm³/mol. The molecule has 0 saturated carbocycles. The largest absolute Gasteiger partial charge is 0.354 e. The highest BCUT2D eigenvalue weighted by molar-refractivity contribution is 7.90. The van der Waals surface area contributed by atoms with Crippen molar-refractivity contribution < 1.29 is 22.4 Å². The van der Waals surface area contributed by atoms with Gasteiger partial charge < -0.3 is 10.2 Å². The first-order valence-electron chi connectivity index (χ1n) is 13.2. The van der Waals surface area contributed by atoms with Crippen molar-refractivity contribution in [3.8, 4) is 0 Å². The van der Waals surface area contributed by atoms with E-state index in [2.05, 4.69) is 5.32 Å². The van der Waals surface area contributed by atoms with Crippen LogP contribution in [0.3, 0.4) is 0 Å². The maximum Gasteiger partial charge on any atom is 0.304 e. The van der Waals surface area contributed by atoms with E-state index in [1.54, 1.807) is 0 Å². The lowest BCUT2D eigenvalue weighted by atomic mass is 10.0. The van der Waals surface area contributed by atoms with Gasteiger partial charge in [-0.3, -0.25) is 9.59 Å². The summed E-state index contributed by atoms with van der Waals surface area (Å²) < 4.78 is 43.2. The van der Waals surface area contributed by atoms with E-state index in [9.17, 15) is 22.4 Å². The number of nitrogens with one attached hydrogen (secondary N) is 1. The Balaban J connectivity index is 2.09. The summed E-state index contributed by atoms with van der Waals surface area (Å²) in [6.07, 6.45) is 0.922. The highest BCUT2D eigenvalue weighted by Gasteiger charge is 2.35. The standard InChI is InChI=1S/C30H37FN4O4S/c1-5-18-32-30(37)28(20-24-13-7-6-8-14-24)34(21-25-15-11-12-23(2)19-25)29(36)22-35(40(38,39)33(3)4)27-17-10-9-16-26(27)31/h6-17,19,28H,5,18,20-22H2,1-4H3,(H,32,37). The van der Waals surface area contributed by atoms with Crippen LogP contribution in [0.2, 0.25) is 0 Å². The van der Waals surface area contributed by atoms with Crippen LogP contribution in [0.1, 0.15) is 30.0 Å². The molecule has 40 heavy (non-hydrogen) atoms. The third kappa shape index (κ3) is 7.89. The van der Waals surface area contributed by atoms with Crippen LogP contribution in [0.4, 0.5) is 10.1 Å². The number of aryl methyl sites for hydroxylation is 1. The molecule has 3 aromatic carbocycles. The number of rotatable bonds is 13. The average molecular weight is 569 g/mol. The van der Waals surface area contributed by atoms with Crippen molar-refractivity contribution in [1.29, 1.82) is 0 Å². The van der Waals surface area contributed by atoms with Gasteiger partial charge in [-0.2, -0.15) is 12.7 Å². The second kappa shape index (κ2) is 14.0. The van der Waals surface area contributed by atoms with Gasteiger partial charge in [0.25, 0.3) is 0 Å². The second-order valence-corrected chi connectivity index (χ2v) is 11.8. The predicted octanol–water partition coefficient (Wildman–Crippen LogP) is 3.91. The molecule has 3 aromatic rings. The number of para-hydroxylation sites is 1. The van der Waals surface area contributed by atoms with Crippen molar-refractivity contribution in [3.05, 3.63) is 101 Å². The minimum atomic E-state index is -4.26. The molecule has 1 unspecified atom stereocenters. The Labute approximate surface area is 236 Å². The smallest absolute Gasteiger partial charge is 0.304 e. The molecule has 0 fully saturated rings. The molecule has 0 radical (unpaired) electrons. The van der Waals surface area contributed by atoms with Crippen LogP contribution in [0.5, 0.6) is 0 Å². The number of nitrogens with zero attached hydrogens (tertiary/aromatic N) is 3. The summed E-state index contributed by atoms with van der Waals surface area (Å²) in [6, 6.07) is 21.3. The molecule has 8 nitrogen and oxygen atoms in total. The zero-order chi connectivity index (χ0) is 29.3. The molecule has 0 aromatic heterocycles. The van der Waals surface area contributed by atoms with Crippen LogP contribution in [-0.2, 0) is 32.8 Å². The number of halogens is 1. The van der Waals surface area contributed by atoms with Gasteiger partial charge in [-0.05, 0) is 36.6 Å². The molecule has 0 aliphatic heterocycles. The fourth-order valence-corrected chi connectivity index (χ4v) is 5.35. The first kappa shape index (κ1) is 30.8. The zero-order valence-corrected chi connectivity index (χ0v) is 24.2. The number of benzene rings is 3. The lowest BCUT2D eigenvalue weighted by molar-refractivity contribution is -0.140. The lowest BCUT2D eigenvalue weighted by Gasteiger charge is -2.34. The zero-order valence-electron chi connectivity index (χ0n) is 23.4. The van der Waals surface area contributed by atoms with E-state index in [1.165, 1.54) is 37.2 Å². The molecule has 214 valence electrons. The number of anilines is 1. The van der Waals surface area contributed by atoms with E-state index in [0.717, 1.165) is 31.4 Å². The van der Waals surface area contributed by atoms with Gasteiger partial charge in [0.05, 0.1) is 5.69 Å². The average Bonchev–Trinajstić information content (AvgIpc) is 2.93. The van der Waals surface area contributed by atoms with E-state index in [-0.39, 0.29) is 24.6 Å². The van der Waals surface area contributed by atoms with Crippen LogP contribution in [0, 0.1) is 12.7 Å². The van der Waals surface area contributed by atoms with Crippen molar-refractivity contribution in [2.24, 2.45) is 0 Å². The monoisotopic (exact) mass is 568 g/mol. The Morgan fingerprint density at radius 1 is 0.925 bits per heavy atom. The Hall–Kier alpha value is -3.76. The number of carbonyl (C=O) groups excluding carboxylic acids is 2. The number of hydrogen-bond donors (Lipinski definition) is 1. The summed E-state index contributed by atoms with van der Waals surface area (Å²) in [7, 11) is -1.63. The molecule has 2 amide bonds. The minimum absolute atomic E-state index is 0.0602. The number of hydrogen-bond acceptors (Lipinski definition) is 4. The Bertz CT molecular complexity index is 1400. The fraction of sp³-hybridized carbons (Fsp3) is 0.333. The van der Waals surface area contributed by atoms with Gasteiger partial charge in [0, 0.05) is 33.6 Å².